The van der Waals surface area contributed by atoms with E-state index in [0.717, 1.165) is 29.8 Å². The van der Waals surface area contributed by atoms with Crippen molar-refractivity contribution in [1.29, 1.82) is 0 Å². The van der Waals surface area contributed by atoms with Crippen molar-refractivity contribution in [3.05, 3.63) is 33.8 Å². The maximum atomic E-state index is 6.37. The lowest BCUT2D eigenvalue weighted by Gasteiger charge is -2.35. The number of halogens is 2. The van der Waals surface area contributed by atoms with Crippen LogP contribution in [0.5, 0.6) is 0 Å². The molecule has 1 saturated carbocycles. The molecule has 0 heterocycles. The van der Waals surface area contributed by atoms with E-state index in [1.54, 1.807) is 0 Å². The Morgan fingerprint density at radius 3 is 2.76 bits per heavy atom. The fraction of sp³-hybridized carbons (Fsp3) is 0.667. The van der Waals surface area contributed by atoms with E-state index in [9.17, 15) is 0 Å². The SMILES string of the molecule is CCNC(Cc1cccc(Cl)c1Cl)C1CCCC(CC)C1. The summed E-state index contributed by atoms with van der Waals surface area (Å²) >= 11 is 12.5. The van der Waals surface area contributed by atoms with Gasteiger partial charge in [0.2, 0.25) is 0 Å². The molecule has 3 unspecified atom stereocenters. The van der Waals surface area contributed by atoms with Crippen molar-refractivity contribution >= 4 is 23.2 Å². The molecule has 21 heavy (non-hydrogen) atoms. The van der Waals surface area contributed by atoms with Gasteiger partial charge in [-0.15, -0.1) is 0 Å². The number of likely N-dealkylation sites (N-methyl/N-ethyl adjacent to an activating group) is 1. The van der Waals surface area contributed by atoms with Gasteiger partial charge < -0.3 is 5.32 Å². The van der Waals surface area contributed by atoms with Crippen LogP contribution in [0.4, 0.5) is 0 Å². The number of hydrogen-bond acceptors (Lipinski definition) is 1. The Hall–Kier alpha value is -0.240. The fourth-order valence-corrected chi connectivity index (χ4v) is 4.08. The minimum Gasteiger partial charge on any atom is -0.314 e. The van der Waals surface area contributed by atoms with Crippen LogP contribution in [-0.4, -0.2) is 12.6 Å². The molecule has 0 aliphatic heterocycles. The first-order valence-electron chi connectivity index (χ1n) is 8.31. The second kappa shape index (κ2) is 8.41. The fourth-order valence-electron chi connectivity index (χ4n) is 3.68. The molecule has 1 nitrogen and oxygen atoms in total. The number of rotatable bonds is 6. The van der Waals surface area contributed by atoms with Gasteiger partial charge in [-0.05, 0) is 49.3 Å². The highest BCUT2D eigenvalue weighted by atomic mass is 35.5. The van der Waals surface area contributed by atoms with Crippen molar-refractivity contribution in [3.8, 4) is 0 Å². The minimum absolute atomic E-state index is 0.514. The highest BCUT2D eigenvalue weighted by Gasteiger charge is 2.27. The zero-order valence-corrected chi connectivity index (χ0v) is 14.7. The normalized spacial score (nSPS) is 24.0. The van der Waals surface area contributed by atoms with Crippen LogP contribution in [0.25, 0.3) is 0 Å². The Morgan fingerprint density at radius 1 is 1.24 bits per heavy atom. The molecule has 1 N–H and O–H groups in total. The van der Waals surface area contributed by atoms with Crippen LogP contribution in [0, 0.1) is 11.8 Å². The van der Waals surface area contributed by atoms with E-state index in [1.807, 2.05) is 12.1 Å². The zero-order chi connectivity index (χ0) is 15.2. The van der Waals surface area contributed by atoms with Crippen molar-refractivity contribution in [2.24, 2.45) is 11.8 Å². The summed E-state index contributed by atoms with van der Waals surface area (Å²) < 4.78 is 0. The minimum atomic E-state index is 0.514. The van der Waals surface area contributed by atoms with Gasteiger partial charge in [0.05, 0.1) is 10.0 Å². The van der Waals surface area contributed by atoms with Crippen LogP contribution in [0.1, 0.15) is 51.5 Å². The predicted molar refractivity (Wildman–Crippen MR) is 93.4 cm³/mol. The largest absolute Gasteiger partial charge is 0.314 e. The number of hydrogen-bond donors (Lipinski definition) is 1. The molecule has 0 amide bonds. The van der Waals surface area contributed by atoms with E-state index in [-0.39, 0.29) is 0 Å². The zero-order valence-electron chi connectivity index (χ0n) is 13.2. The third-order valence-electron chi connectivity index (χ3n) is 4.91. The van der Waals surface area contributed by atoms with Gasteiger partial charge in [0.15, 0.2) is 0 Å². The monoisotopic (exact) mass is 327 g/mol. The third kappa shape index (κ3) is 4.61. The lowest BCUT2D eigenvalue weighted by atomic mass is 9.75. The van der Waals surface area contributed by atoms with E-state index in [4.69, 9.17) is 23.2 Å². The molecule has 1 aromatic rings. The Labute approximate surface area is 139 Å². The lowest BCUT2D eigenvalue weighted by Crippen LogP contribution is -2.40. The van der Waals surface area contributed by atoms with Gasteiger partial charge >= 0.3 is 0 Å². The summed E-state index contributed by atoms with van der Waals surface area (Å²) in [6.07, 6.45) is 7.76. The average Bonchev–Trinajstić information content (AvgIpc) is 2.51. The van der Waals surface area contributed by atoms with Gasteiger partial charge in [-0.25, -0.2) is 0 Å². The number of nitrogens with one attached hydrogen (secondary N) is 1. The lowest BCUT2D eigenvalue weighted by molar-refractivity contribution is 0.208. The summed E-state index contributed by atoms with van der Waals surface area (Å²) in [5.41, 5.74) is 1.17. The van der Waals surface area contributed by atoms with Crippen LogP contribution in [0.2, 0.25) is 10.0 Å². The third-order valence-corrected chi connectivity index (χ3v) is 5.77. The molecule has 3 heteroatoms. The van der Waals surface area contributed by atoms with E-state index >= 15 is 0 Å². The Bertz CT molecular complexity index is 447. The van der Waals surface area contributed by atoms with Gasteiger partial charge in [-0.1, -0.05) is 68.4 Å². The van der Waals surface area contributed by atoms with Crippen molar-refractivity contribution in [1.82, 2.24) is 5.32 Å². The first kappa shape index (κ1) is 17.1. The van der Waals surface area contributed by atoms with Crippen molar-refractivity contribution in [2.45, 2.75) is 58.4 Å². The van der Waals surface area contributed by atoms with E-state index < -0.39 is 0 Å². The first-order valence-corrected chi connectivity index (χ1v) is 9.07. The van der Waals surface area contributed by atoms with Crippen LogP contribution in [0.15, 0.2) is 18.2 Å². The molecule has 0 saturated heterocycles. The second-order valence-corrected chi connectivity index (χ2v) is 7.07. The molecule has 118 valence electrons. The second-order valence-electron chi connectivity index (χ2n) is 6.28. The van der Waals surface area contributed by atoms with Crippen LogP contribution in [-0.2, 0) is 6.42 Å². The van der Waals surface area contributed by atoms with Crippen LogP contribution >= 0.6 is 23.2 Å². The maximum Gasteiger partial charge on any atom is 0.0624 e. The molecule has 1 fully saturated rings. The molecule has 0 aromatic heterocycles. The average molecular weight is 328 g/mol. The molecule has 1 aromatic carbocycles. The smallest absolute Gasteiger partial charge is 0.0624 e. The molecular formula is C18H27Cl2N. The molecule has 3 atom stereocenters. The molecule has 0 spiro atoms. The number of benzene rings is 1. The Balaban J connectivity index is 2.09. The quantitative estimate of drug-likeness (QED) is 0.703. The standard InChI is InChI=1S/C18H27Cl2N/c1-3-13-7-5-8-14(11-13)17(21-4-2)12-15-9-6-10-16(19)18(15)20/h6,9-10,13-14,17,21H,3-5,7-8,11-12H2,1-2H3. The highest BCUT2D eigenvalue weighted by Crippen LogP contribution is 2.35. The molecular weight excluding hydrogens is 301 g/mol. The van der Waals surface area contributed by atoms with E-state index in [2.05, 4.69) is 25.2 Å². The molecule has 0 bridgehead atoms. The van der Waals surface area contributed by atoms with Crippen LogP contribution < -0.4 is 5.32 Å². The van der Waals surface area contributed by atoms with Crippen molar-refractivity contribution < 1.29 is 0 Å². The molecule has 1 aliphatic rings. The topological polar surface area (TPSA) is 12.0 Å². The molecule has 0 radical (unpaired) electrons. The summed E-state index contributed by atoms with van der Waals surface area (Å²) in [7, 11) is 0. The van der Waals surface area contributed by atoms with Gasteiger partial charge in [0, 0.05) is 6.04 Å². The van der Waals surface area contributed by atoms with Crippen molar-refractivity contribution in [3.63, 3.8) is 0 Å². The summed E-state index contributed by atoms with van der Waals surface area (Å²) in [5, 5.41) is 5.08. The molecule has 1 aliphatic carbocycles. The van der Waals surface area contributed by atoms with E-state index in [0.29, 0.717) is 11.1 Å². The highest BCUT2D eigenvalue weighted by molar-refractivity contribution is 6.42. The summed E-state index contributed by atoms with van der Waals surface area (Å²) in [6, 6.07) is 6.49. The van der Waals surface area contributed by atoms with Gasteiger partial charge in [0.1, 0.15) is 0 Å². The Morgan fingerprint density at radius 2 is 2.05 bits per heavy atom. The summed E-state index contributed by atoms with van der Waals surface area (Å²) in [6.45, 7) is 5.52. The predicted octanol–water partition coefficient (Wildman–Crippen LogP) is 5.73. The van der Waals surface area contributed by atoms with E-state index in [1.165, 1.54) is 37.7 Å². The Kier molecular flexibility index (Phi) is 6.85. The van der Waals surface area contributed by atoms with Gasteiger partial charge in [-0.3, -0.25) is 0 Å². The molecule has 2 rings (SSSR count). The summed E-state index contributed by atoms with van der Waals surface area (Å²) in [5.74, 6) is 1.67. The first-order chi connectivity index (χ1) is 10.2. The van der Waals surface area contributed by atoms with Gasteiger partial charge in [0.25, 0.3) is 0 Å². The van der Waals surface area contributed by atoms with Gasteiger partial charge in [-0.2, -0.15) is 0 Å². The van der Waals surface area contributed by atoms with Crippen LogP contribution in [0.3, 0.4) is 0 Å². The summed E-state index contributed by atoms with van der Waals surface area (Å²) in [4.78, 5) is 0. The maximum absolute atomic E-state index is 6.37. The van der Waals surface area contributed by atoms with Crippen molar-refractivity contribution in [2.75, 3.05) is 6.54 Å².